The van der Waals surface area contributed by atoms with Gasteiger partial charge in [0.1, 0.15) is 5.76 Å². The van der Waals surface area contributed by atoms with Gasteiger partial charge >= 0.3 is 12.1 Å². The molecule has 2 saturated heterocycles. The lowest BCUT2D eigenvalue weighted by atomic mass is 9.81. The summed E-state index contributed by atoms with van der Waals surface area (Å²) < 4.78 is 48.0. The van der Waals surface area contributed by atoms with E-state index in [4.69, 9.17) is 23.7 Å². The molecule has 0 radical (unpaired) electrons. The lowest BCUT2D eigenvalue weighted by Gasteiger charge is -2.22. The molecular weight excluding hydrogens is 385 g/mol. The van der Waals surface area contributed by atoms with Crippen molar-refractivity contribution >= 4 is 5.97 Å². The Morgan fingerprint density at radius 2 is 2.07 bits per heavy atom. The van der Waals surface area contributed by atoms with Crippen molar-refractivity contribution < 1.29 is 36.9 Å². The summed E-state index contributed by atoms with van der Waals surface area (Å²) in [5, 5.41) is 15.1. The van der Waals surface area contributed by atoms with Crippen LogP contribution < -0.4 is 0 Å². The van der Waals surface area contributed by atoms with Crippen LogP contribution in [0.15, 0.2) is 15.1 Å². The molecule has 0 spiro atoms. The Kier molecular flexibility index (Phi) is 5.44. The van der Waals surface area contributed by atoms with E-state index in [-0.39, 0.29) is 5.41 Å². The molecule has 12 heteroatoms. The van der Waals surface area contributed by atoms with Gasteiger partial charge in [-0.15, -0.1) is 0 Å². The fraction of sp³-hybridized carbons (Fsp3) is 0.625. The number of aryl methyl sites for hydroxylation is 2. The van der Waals surface area contributed by atoms with Gasteiger partial charge in [-0.05, 0) is 13.8 Å². The first-order chi connectivity index (χ1) is 13.1. The fourth-order valence-electron chi connectivity index (χ4n) is 3.48. The first kappa shape index (κ1) is 20.3. The first-order valence-electron chi connectivity index (χ1n) is 8.43. The van der Waals surface area contributed by atoms with Crippen LogP contribution in [0.25, 0.3) is 0 Å². The number of fused-ring (bicyclic) bond motifs is 1. The third-order valence-corrected chi connectivity index (χ3v) is 4.70. The van der Waals surface area contributed by atoms with Crippen molar-refractivity contribution in [2.24, 2.45) is 5.92 Å². The summed E-state index contributed by atoms with van der Waals surface area (Å²) in [5.41, 5.74) is 0.797. The maximum absolute atomic E-state index is 10.6. The molecule has 4 heterocycles. The summed E-state index contributed by atoms with van der Waals surface area (Å²) in [6.45, 7) is 7.73. The van der Waals surface area contributed by atoms with Crippen molar-refractivity contribution in [2.45, 2.75) is 32.0 Å². The van der Waals surface area contributed by atoms with Gasteiger partial charge in [-0.25, -0.2) is 4.79 Å². The van der Waals surface area contributed by atoms with Crippen LogP contribution in [0, 0.1) is 19.8 Å². The van der Waals surface area contributed by atoms with Gasteiger partial charge in [-0.1, -0.05) is 10.3 Å². The molecule has 1 N–H and O–H groups in total. The van der Waals surface area contributed by atoms with Crippen molar-refractivity contribution in [1.29, 1.82) is 0 Å². The van der Waals surface area contributed by atoms with Gasteiger partial charge in [0.05, 0.1) is 24.3 Å². The highest BCUT2D eigenvalue weighted by molar-refractivity contribution is 5.73. The molecule has 2 aliphatic rings. The lowest BCUT2D eigenvalue weighted by Crippen LogP contribution is -2.35. The summed E-state index contributed by atoms with van der Waals surface area (Å²) in [4.78, 5) is 15.7. The number of hydrogen-bond acceptors (Lipinski definition) is 8. The molecule has 2 aliphatic heterocycles. The van der Waals surface area contributed by atoms with Crippen molar-refractivity contribution in [3.05, 3.63) is 29.2 Å². The zero-order valence-electron chi connectivity index (χ0n) is 15.2. The Bertz CT molecular complexity index is 836. The minimum absolute atomic E-state index is 0.167. The third kappa shape index (κ3) is 4.17. The highest BCUT2D eigenvalue weighted by atomic mass is 19.4. The van der Waals surface area contributed by atoms with Gasteiger partial charge in [-0.2, -0.15) is 18.2 Å². The van der Waals surface area contributed by atoms with Crippen LogP contribution in [-0.4, -0.2) is 63.8 Å². The molecule has 9 nitrogen and oxygen atoms in total. The van der Waals surface area contributed by atoms with E-state index in [1.807, 2.05) is 19.9 Å². The van der Waals surface area contributed by atoms with E-state index in [1.165, 1.54) is 0 Å². The highest BCUT2D eigenvalue weighted by Crippen LogP contribution is 2.43. The molecule has 4 rings (SSSR count). The fourth-order valence-corrected chi connectivity index (χ4v) is 3.48. The second kappa shape index (κ2) is 7.51. The van der Waals surface area contributed by atoms with Gasteiger partial charge in [0.2, 0.25) is 5.89 Å². The van der Waals surface area contributed by atoms with Crippen LogP contribution in [0.2, 0.25) is 0 Å². The van der Waals surface area contributed by atoms with Crippen LogP contribution in [0.5, 0.6) is 0 Å². The van der Waals surface area contributed by atoms with E-state index in [2.05, 4.69) is 20.2 Å². The average molecular weight is 404 g/mol. The van der Waals surface area contributed by atoms with E-state index in [0.717, 1.165) is 37.7 Å². The molecule has 0 aromatic carbocycles. The maximum Gasteiger partial charge on any atom is 0.490 e. The zero-order chi connectivity index (χ0) is 20.5. The molecular formula is C16H19F3N4O5. The maximum atomic E-state index is 10.6. The summed E-state index contributed by atoms with van der Waals surface area (Å²) in [6, 6.07) is 1.98. The molecule has 0 amide bonds. The van der Waals surface area contributed by atoms with Crippen molar-refractivity contribution in [1.82, 2.24) is 20.2 Å². The molecule has 2 aromatic rings. The number of alkyl halides is 3. The minimum atomic E-state index is -5.08. The number of carbonyl (C=O) groups is 1. The second-order valence-corrected chi connectivity index (χ2v) is 6.92. The number of halogens is 3. The van der Waals surface area contributed by atoms with E-state index >= 15 is 0 Å². The predicted octanol–water partition coefficient (Wildman–Crippen LogP) is 1.71. The Hall–Kier alpha value is -2.47. The van der Waals surface area contributed by atoms with Crippen LogP contribution >= 0.6 is 0 Å². The Morgan fingerprint density at radius 1 is 1.36 bits per heavy atom. The van der Waals surface area contributed by atoms with E-state index in [9.17, 15) is 13.2 Å². The van der Waals surface area contributed by atoms with E-state index in [0.29, 0.717) is 24.2 Å². The smallest absolute Gasteiger partial charge is 0.475 e. The van der Waals surface area contributed by atoms with Gasteiger partial charge < -0.3 is 18.9 Å². The summed E-state index contributed by atoms with van der Waals surface area (Å²) in [7, 11) is 0. The molecule has 2 fully saturated rings. The molecule has 0 saturated carbocycles. The number of hydrogen-bond donors (Lipinski definition) is 1. The molecule has 2 aromatic heterocycles. The van der Waals surface area contributed by atoms with Crippen LogP contribution in [0.3, 0.4) is 0 Å². The molecule has 28 heavy (non-hydrogen) atoms. The summed E-state index contributed by atoms with van der Waals surface area (Å²) >= 11 is 0. The number of aromatic nitrogens is 3. The van der Waals surface area contributed by atoms with Crippen LogP contribution in [-0.2, 0) is 21.5 Å². The first-order valence-corrected chi connectivity index (χ1v) is 8.43. The monoisotopic (exact) mass is 404 g/mol. The minimum Gasteiger partial charge on any atom is -0.475 e. The van der Waals surface area contributed by atoms with Gasteiger partial charge in [0.15, 0.2) is 5.82 Å². The van der Waals surface area contributed by atoms with Crippen LogP contribution in [0.4, 0.5) is 13.2 Å². The lowest BCUT2D eigenvalue weighted by molar-refractivity contribution is -0.192. The predicted molar refractivity (Wildman–Crippen MR) is 85.2 cm³/mol. The molecule has 154 valence electrons. The largest absolute Gasteiger partial charge is 0.490 e. The number of nitrogens with zero attached hydrogens (tertiary/aromatic N) is 4. The molecule has 0 aliphatic carbocycles. The zero-order valence-corrected chi connectivity index (χ0v) is 15.2. The van der Waals surface area contributed by atoms with Crippen LogP contribution in [0.1, 0.15) is 23.2 Å². The Labute approximate surface area is 157 Å². The van der Waals surface area contributed by atoms with Crippen molar-refractivity contribution in [3.63, 3.8) is 0 Å². The number of likely N-dealkylation sites (tertiary alicyclic amines) is 1. The third-order valence-electron chi connectivity index (χ3n) is 4.70. The highest BCUT2D eigenvalue weighted by Gasteiger charge is 2.55. The summed E-state index contributed by atoms with van der Waals surface area (Å²) in [6.07, 6.45) is -5.08. The molecule has 2 atom stereocenters. The topological polar surface area (TPSA) is 115 Å². The standard InChI is InChI=1S/C14H18N4O3.C2HF3O2/c1-9-3-12(17-20-9)5-18-4-11-6-19-8-14(11,7-18)13-15-10(2)16-21-13;3-2(4,5)1(6)7/h3,11H,4-8H2,1-2H3;(H,6,7)/t11-,14-;/m1./s1. The van der Waals surface area contributed by atoms with Crippen molar-refractivity contribution in [2.75, 3.05) is 26.3 Å². The number of aliphatic carboxylic acids is 1. The summed E-state index contributed by atoms with van der Waals surface area (Å²) in [5.74, 6) is -0.134. The van der Waals surface area contributed by atoms with E-state index < -0.39 is 12.1 Å². The Morgan fingerprint density at radius 3 is 2.61 bits per heavy atom. The molecule has 0 bridgehead atoms. The number of ether oxygens (including phenoxy) is 1. The van der Waals surface area contributed by atoms with Gasteiger partial charge in [0.25, 0.3) is 0 Å². The SMILES string of the molecule is Cc1noc([C@]23COC[C@H]2CN(Cc2cc(C)on2)C3)n1.O=C(O)C(F)(F)F. The van der Waals surface area contributed by atoms with Crippen molar-refractivity contribution in [3.8, 4) is 0 Å². The number of rotatable bonds is 3. The van der Waals surface area contributed by atoms with Gasteiger partial charge in [-0.3, -0.25) is 4.90 Å². The average Bonchev–Trinajstić information content (AvgIpc) is 3.32. The second-order valence-electron chi connectivity index (χ2n) is 6.92. The van der Waals surface area contributed by atoms with Gasteiger partial charge in [0, 0.05) is 31.6 Å². The molecule has 0 unspecified atom stereocenters. The number of carboxylic acid groups (broad SMARTS) is 1. The normalized spacial score (nSPS) is 24.7. The van der Waals surface area contributed by atoms with E-state index in [1.54, 1.807) is 0 Å². The quantitative estimate of drug-likeness (QED) is 0.816. The Balaban J connectivity index is 0.000000279. The number of carboxylic acids is 1.